The van der Waals surface area contributed by atoms with Gasteiger partial charge in [0.2, 0.25) is 0 Å². The number of carbonyl (C=O) groups excluding carboxylic acids is 1. The molecule has 1 amide bonds. The fraction of sp³-hybridized carbons (Fsp3) is 0.294. The highest BCUT2D eigenvalue weighted by atomic mass is 16.2. The number of benzene rings is 1. The molecule has 3 nitrogen and oxygen atoms in total. The van der Waals surface area contributed by atoms with Gasteiger partial charge in [-0.25, -0.2) is 0 Å². The lowest BCUT2D eigenvalue weighted by atomic mass is 10.1. The summed E-state index contributed by atoms with van der Waals surface area (Å²) in [5, 5.41) is 0. The molecule has 104 valence electrons. The van der Waals surface area contributed by atoms with Crippen LogP contribution in [0.5, 0.6) is 0 Å². The van der Waals surface area contributed by atoms with Gasteiger partial charge < -0.3 is 4.90 Å². The van der Waals surface area contributed by atoms with E-state index >= 15 is 0 Å². The van der Waals surface area contributed by atoms with Crippen LogP contribution in [-0.2, 0) is 6.54 Å². The fourth-order valence-electron chi connectivity index (χ4n) is 2.07. The third-order valence-electron chi connectivity index (χ3n) is 3.21. The highest BCUT2D eigenvalue weighted by Crippen LogP contribution is 2.12. The zero-order valence-corrected chi connectivity index (χ0v) is 12.2. The highest BCUT2D eigenvalue weighted by molar-refractivity contribution is 5.92. The Kier molecular flexibility index (Phi) is 4.51. The van der Waals surface area contributed by atoms with E-state index in [9.17, 15) is 4.79 Å². The summed E-state index contributed by atoms with van der Waals surface area (Å²) >= 11 is 0. The minimum absolute atomic E-state index is 0.0208. The number of amides is 1. The summed E-state index contributed by atoms with van der Waals surface area (Å²) in [6.45, 7) is 6.62. The molecule has 0 aliphatic carbocycles. The SMILES string of the molecule is Cc1ccnc(C(=O)N(Cc2ccccc2)C(C)C)c1. The summed E-state index contributed by atoms with van der Waals surface area (Å²) in [6, 6.07) is 13.9. The van der Waals surface area contributed by atoms with Crippen molar-refractivity contribution in [3.8, 4) is 0 Å². The maximum absolute atomic E-state index is 12.6. The van der Waals surface area contributed by atoms with Crippen LogP contribution in [0.2, 0.25) is 0 Å². The van der Waals surface area contributed by atoms with Gasteiger partial charge in [0.1, 0.15) is 5.69 Å². The second-order valence-corrected chi connectivity index (χ2v) is 5.23. The van der Waals surface area contributed by atoms with E-state index in [-0.39, 0.29) is 11.9 Å². The zero-order chi connectivity index (χ0) is 14.5. The van der Waals surface area contributed by atoms with Crippen molar-refractivity contribution in [2.24, 2.45) is 0 Å². The van der Waals surface area contributed by atoms with Gasteiger partial charge in [0.25, 0.3) is 5.91 Å². The molecule has 0 saturated heterocycles. The normalized spacial score (nSPS) is 10.6. The molecule has 3 heteroatoms. The average Bonchev–Trinajstić information content (AvgIpc) is 2.45. The van der Waals surface area contributed by atoms with Gasteiger partial charge in [0.15, 0.2) is 0 Å². The second kappa shape index (κ2) is 6.33. The molecule has 2 aromatic rings. The van der Waals surface area contributed by atoms with E-state index < -0.39 is 0 Å². The van der Waals surface area contributed by atoms with E-state index in [1.165, 1.54) is 0 Å². The smallest absolute Gasteiger partial charge is 0.272 e. The van der Waals surface area contributed by atoms with E-state index in [1.807, 2.05) is 68.1 Å². The Bertz CT molecular complexity index is 579. The van der Waals surface area contributed by atoms with Gasteiger partial charge in [-0.3, -0.25) is 9.78 Å². The summed E-state index contributed by atoms with van der Waals surface area (Å²) in [4.78, 5) is 18.6. The number of rotatable bonds is 4. The summed E-state index contributed by atoms with van der Waals surface area (Å²) in [5.41, 5.74) is 2.68. The number of aromatic nitrogens is 1. The predicted octanol–water partition coefficient (Wildman–Crippen LogP) is 3.44. The number of hydrogen-bond donors (Lipinski definition) is 0. The molecule has 0 saturated carbocycles. The summed E-state index contributed by atoms with van der Waals surface area (Å²) < 4.78 is 0. The van der Waals surface area contributed by atoms with Gasteiger partial charge in [-0.2, -0.15) is 0 Å². The van der Waals surface area contributed by atoms with Gasteiger partial charge in [0.05, 0.1) is 0 Å². The van der Waals surface area contributed by atoms with Crippen LogP contribution in [0.1, 0.15) is 35.5 Å². The first-order valence-corrected chi connectivity index (χ1v) is 6.85. The van der Waals surface area contributed by atoms with E-state index in [1.54, 1.807) is 6.20 Å². The number of aryl methyl sites for hydroxylation is 1. The van der Waals surface area contributed by atoms with Gasteiger partial charge in [-0.15, -0.1) is 0 Å². The average molecular weight is 268 g/mol. The Morgan fingerprint density at radius 3 is 2.50 bits per heavy atom. The lowest BCUT2D eigenvalue weighted by Crippen LogP contribution is -2.36. The maximum atomic E-state index is 12.6. The first-order valence-electron chi connectivity index (χ1n) is 6.85. The molecule has 0 atom stereocenters. The van der Waals surface area contributed by atoms with E-state index in [2.05, 4.69) is 4.98 Å². The van der Waals surface area contributed by atoms with Crippen molar-refractivity contribution in [3.05, 3.63) is 65.5 Å². The van der Waals surface area contributed by atoms with Crippen molar-refractivity contribution in [2.45, 2.75) is 33.4 Å². The first-order chi connectivity index (χ1) is 9.58. The standard InChI is InChI=1S/C17H20N2O/c1-13(2)19(12-15-7-5-4-6-8-15)17(20)16-11-14(3)9-10-18-16/h4-11,13H,12H2,1-3H3. The Balaban J connectivity index is 2.23. The minimum atomic E-state index is -0.0208. The number of pyridine rings is 1. The lowest BCUT2D eigenvalue weighted by Gasteiger charge is -2.26. The highest BCUT2D eigenvalue weighted by Gasteiger charge is 2.20. The molecular formula is C17H20N2O. The molecular weight excluding hydrogens is 248 g/mol. The summed E-state index contributed by atoms with van der Waals surface area (Å²) in [5.74, 6) is -0.0208. The fourth-order valence-corrected chi connectivity index (χ4v) is 2.07. The van der Waals surface area contributed by atoms with Crippen LogP contribution in [0, 0.1) is 6.92 Å². The van der Waals surface area contributed by atoms with Gasteiger partial charge in [-0.05, 0) is 44.0 Å². The summed E-state index contributed by atoms with van der Waals surface area (Å²) in [6.07, 6.45) is 1.68. The Morgan fingerprint density at radius 1 is 1.20 bits per heavy atom. The van der Waals surface area contributed by atoms with Crippen LogP contribution in [-0.4, -0.2) is 21.8 Å². The molecule has 0 N–H and O–H groups in total. The van der Waals surface area contributed by atoms with Crippen LogP contribution in [0.3, 0.4) is 0 Å². The van der Waals surface area contributed by atoms with Gasteiger partial charge in [-0.1, -0.05) is 30.3 Å². The molecule has 0 fully saturated rings. The molecule has 20 heavy (non-hydrogen) atoms. The molecule has 0 unspecified atom stereocenters. The molecule has 0 spiro atoms. The monoisotopic (exact) mass is 268 g/mol. The quantitative estimate of drug-likeness (QED) is 0.851. The van der Waals surface area contributed by atoms with Crippen LogP contribution >= 0.6 is 0 Å². The zero-order valence-electron chi connectivity index (χ0n) is 12.2. The van der Waals surface area contributed by atoms with Crippen molar-refractivity contribution >= 4 is 5.91 Å². The Hall–Kier alpha value is -2.16. The number of hydrogen-bond acceptors (Lipinski definition) is 2. The molecule has 0 aliphatic rings. The minimum Gasteiger partial charge on any atom is -0.331 e. The molecule has 1 aromatic heterocycles. The van der Waals surface area contributed by atoms with Crippen LogP contribution in [0.25, 0.3) is 0 Å². The Labute approximate surface area is 120 Å². The molecule has 1 aromatic carbocycles. The van der Waals surface area contributed by atoms with Crippen LogP contribution in [0.15, 0.2) is 48.7 Å². The summed E-state index contributed by atoms with van der Waals surface area (Å²) in [7, 11) is 0. The van der Waals surface area contributed by atoms with Crippen molar-refractivity contribution < 1.29 is 4.79 Å². The van der Waals surface area contributed by atoms with Crippen molar-refractivity contribution in [2.75, 3.05) is 0 Å². The topological polar surface area (TPSA) is 33.2 Å². The van der Waals surface area contributed by atoms with Crippen LogP contribution in [0.4, 0.5) is 0 Å². The number of nitrogens with zero attached hydrogens (tertiary/aromatic N) is 2. The van der Waals surface area contributed by atoms with Crippen molar-refractivity contribution in [3.63, 3.8) is 0 Å². The van der Waals surface area contributed by atoms with E-state index in [0.717, 1.165) is 11.1 Å². The second-order valence-electron chi connectivity index (χ2n) is 5.23. The van der Waals surface area contributed by atoms with Gasteiger partial charge in [0, 0.05) is 18.8 Å². The van der Waals surface area contributed by atoms with Crippen molar-refractivity contribution in [1.29, 1.82) is 0 Å². The van der Waals surface area contributed by atoms with E-state index in [4.69, 9.17) is 0 Å². The van der Waals surface area contributed by atoms with Crippen LogP contribution < -0.4 is 0 Å². The molecule has 0 aliphatic heterocycles. The third-order valence-corrected chi connectivity index (χ3v) is 3.21. The first kappa shape index (κ1) is 14.3. The van der Waals surface area contributed by atoms with E-state index in [0.29, 0.717) is 12.2 Å². The molecule has 2 rings (SSSR count). The predicted molar refractivity (Wildman–Crippen MR) is 80.4 cm³/mol. The Morgan fingerprint density at radius 2 is 1.90 bits per heavy atom. The third kappa shape index (κ3) is 3.44. The molecule has 0 radical (unpaired) electrons. The largest absolute Gasteiger partial charge is 0.331 e. The maximum Gasteiger partial charge on any atom is 0.272 e. The van der Waals surface area contributed by atoms with Crippen molar-refractivity contribution in [1.82, 2.24) is 9.88 Å². The molecule has 0 bridgehead atoms. The molecule has 1 heterocycles. The lowest BCUT2D eigenvalue weighted by molar-refractivity contribution is 0.0684. The number of carbonyl (C=O) groups is 1. The van der Waals surface area contributed by atoms with Gasteiger partial charge >= 0.3 is 0 Å².